The predicted molar refractivity (Wildman–Crippen MR) is 54.0 cm³/mol. The van der Waals surface area contributed by atoms with E-state index in [4.69, 9.17) is 0 Å². The minimum Gasteiger partial charge on any atom is -0.393 e. The van der Waals surface area contributed by atoms with Gasteiger partial charge in [0.1, 0.15) is 0 Å². The van der Waals surface area contributed by atoms with Crippen LogP contribution in [0, 0.1) is 0 Å². The summed E-state index contributed by atoms with van der Waals surface area (Å²) >= 11 is 0. The van der Waals surface area contributed by atoms with Gasteiger partial charge in [-0.3, -0.25) is 0 Å². The van der Waals surface area contributed by atoms with E-state index in [0.29, 0.717) is 0 Å². The zero-order valence-electron chi connectivity index (χ0n) is 8.65. The Hall–Kier alpha value is -0.700. The Balaban J connectivity index is 3.65. The second kappa shape index (κ2) is 6.98. The summed E-state index contributed by atoms with van der Waals surface area (Å²) in [5.74, 6) is 0. The number of nitrogens with zero attached hydrogens (tertiary/aromatic N) is 1. The molecule has 0 saturated heterocycles. The first kappa shape index (κ1) is 11.3. The van der Waals surface area contributed by atoms with Gasteiger partial charge in [-0.1, -0.05) is 6.92 Å². The lowest BCUT2D eigenvalue weighted by Gasteiger charge is -2.14. The lowest BCUT2D eigenvalue weighted by molar-refractivity contribution is 0.354. The summed E-state index contributed by atoms with van der Waals surface area (Å²) < 4.78 is 0. The van der Waals surface area contributed by atoms with Crippen molar-refractivity contribution in [2.75, 3.05) is 34.2 Å². The first-order valence-electron chi connectivity index (χ1n) is 4.47. The molecule has 3 nitrogen and oxygen atoms in total. The minimum atomic E-state index is 1.07. The average molecular weight is 171 g/mol. The Bertz CT molecular complexity index is 132. The molecule has 0 rings (SSSR count). The molecule has 0 bridgehead atoms. The van der Waals surface area contributed by atoms with E-state index in [0.717, 1.165) is 19.5 Å². The van der Waals surface area contributed by atoms with E-state index in [1.54, 1.807) is 0 Å². The molecule has 0 aromatic heterocycles. The molecule has 0 atom stereocenters. The lowest BCUT2D eigenvalue weighted by atomic mass is 10.3. The molecule has 0 aliphatic carbocycles. The first-order valence-corrected chi connectivity index (χ1v) is 4.47. The molecule has 12 heavy (non-hydrogen) atoms. The van der Waals surface area contributed by atoms with Gasteiger partial charge in [0.05, 0.1) is 0 Å². The summed E-state index contributed by atoms with van der Waals surface area (Å²) in [5.41, 5.74) is 1.25. The first-order chi connectivity index (χ1) is 5.74. The van der Waals surface area contributed by atoms with Gasteiger partial charge in [-0.05, 0) is 13.6 Å². The lowest BCUT2D eigenvalue weighted by Crippen LogP contribution is -2.22. The zero-order valence-corrected chi connectivity index (χ0v) is 8.65. The molecule has 0 unspecified atom stereocenters. The molecule has 3 heteroatoms. The molecule has 2 N–H and O–H groups in total. The monoisotopic (exact) mass is 171 g/mol. The Morgan fingerprint density at radius 3 is 2.50 bits per heavy atom. The van der Waals surface area contributed by atoms with Gasteiger partial charge in [-0.15, -0.1) is 0 Å². The molecule has 0 fully saturated rings. The highest BCUT2D eigenvalue weighted by Crippen LogP contribution is 1.95. The molecule has 0 saturated carbocycles. The standard InChI is InChI=1S/C9H21N3/c1-5-12(4)7-6-9(11-3)8-10-2/h8,10-11H,5-7H2,1-4H3/b9-8-. The molecule has 0 heterocycles. The van der Waals surface area contributed by atoms with Crippen LogP contribution in [-0.4, -0.2) is 39.1 Å². The molecule has 0 aliphatic heterocycles. The Kier molecular flexibility index (Phi) is 6.57. The van der Waals surface area contributed by atoms with Crippen LogP contribution in [0.3, 0.4) is 0 Å². The van der Waals surface area contributed by atoms with Crippen LogP contribution in [0.25, 0.3) is 0 Å². The Labute approximate surface area is 75.8 Å². The van der Waals surface area contributed by atoms with E-state index >= 15 is 0 Å². The number of hydrogen-bond donors (Lipinski definition) is 2. The van der Waals surface area contributed by atoms with Crippen molar-refractivity contribution in [2.24, 2.45) is 0 Å². The SMILES string of the molecule is CCN(C)CC/C(=C/NC)NC. The van der Waals surface area contributed by atoms with E-state index in [1.165, 1.54) is 5.70 Å². The van der Waals surface area contributed by atoms with E-state index in [1.807, 2.05) is 20.3 Å². The molecule has 0 aromatic rings. The highest BCUT2D eigenvalue weighted by atomic mass is 15.1. The summed E-state index contributed by atoms with van der Waals surface area (Å²) in [6, 6.07) is 0. The smallest absolute Gasteiger partial charge is 0.0276 e. The highest BCUT2D eigenvalue weighted by molar-refractivity contribution is 4.97. The van der Waals surface area contributed by atoms with E-state index < -0.39 is 0 Å². The fourth-order valence-corrected chi connectivity index (χ4v) is 0.913. The quantitative estimate of drug-likeness (QED) is 0.613. The summed E-state index contributed by atoms with van der Waals surface area (Å²) in [5, 5.41) is 6.17. The second-order valence-electron chi connectivity index (χ2n) is 2.85. The Morgan fingerprint density at radius 2 is 2.08 bits per heavy atom. The Morgan fingerprint density at radius 1 is 1.42 bits per heavy atom. The van der Waals surface area contributed by atoms with Gasteiger partial charge in [0.2, 0.25) is 0 Å². The number of hydrogen-bond acceptors (Lipinski definition) is 3. The van der Waals surface area contributed by atoms with Gasteiger partial charge >= 0.3 is 0 Å². The molecular weight excluding hydrogens is 150 g/mol. The van der Waals surface area contributed by atoms with Crippen molar-refractivity contribution in [1.29, 1.82) is 0 Å². The van der Waals surface area contributed by atoms with E-state index in [9.17, 15) is 0 Å². The van der Waals surface area contributed by atoms with Crippen molar-refractivity contribution in [3.8, 4) is 0 Å². The van der Waals surface area contributed by atoms with Gasteiger partial charge < -0.3 is 15.5 Å². The van der Waals surface area contributed by atoms with Crippen LogP contribution in [0.15, 0.2) is 11.9 Å². The zero-order chi connectivity index (χ0) is 9.40. The van der Waals surface area contributed by atoms with Gasteiger partial charge in [0.25, 0.3) is 0 Å². The molecular formula is C9H21N3. The van der Waals surface area contributed by atoms with Gasteiger partial charge in [-0.25, -0.2) is 0 Å². The average Bonchev–Trinajstić information content (AvgIpc) is 2.11. The van der Waals surface area contributed by atoms with Gasteiger partial charge in [-0.2, -0.15) is 0 Å². The van der Waals surface area contributed by atoms with Crippen molar-refractivity contribution >= 4 is 0 Å². The van der Waals surface area contributed by atoms with Crippen molar-refractivity contribution in [2.45, 2.75) is 13.3 Å². The van der Waals surface area contributed by atoms with E-state index in [2.05, 4.69) is 29.5 Å². The van der Waals surface area contributed by atoms with Crippen molar-refractivity contribution in [3.63, 3.8) is 0 Å². The summed E-state index contributed by atoms with van der Waals surface area (Å²) in [6.45, 7) is 4.38. The second-order valence-corrected chi connectivity index (χ2v) is 2.85. The fourth-order valence-electron chi connectivity index (χ4n) is 0.913. The molecule has 0 spiro atoms. The predicted octanol–water partition coefficient (Wildman–Crippen LogP) is 0.608. The third-order valence-electron chi connectivity index (χ3n) is 1.94. The van der Waals surface area contributed by atoms with Crippen LogP contribution in [0.2, 0.25) is 0 Å². The normalized spacial score (nSPS) is 11.9. The topological polar surface area (TPSA) is 27.3 Å². The highest BCUT2D eigenvalue weighted by Gasteiger charge is 1.96. The number of rotatable bonds is 6. The maximum atomic E-state index is 3.15. The number of nitrogens with one attached hydrogen (secondary N) is 2. The van der Waals surface area contributed by atoms with Crippen LogP contribution >= 0.6 is 0 Å². The van der Waals surface area contributed by atoms with Gasteiger partial charge in [0.15, 0.2) is 0 Å². The van der Waals surface area contributed by atoms with Crippen LogP contribution in [0.4, 0.5) is 0 Å². The fraction of sp³-hybridized carbons (Fsp3) is 0.778. The van der Waals surface area contributed by atoms with Crippen LogP contribution in [0.1, 0.15) is 13.3 Å². The molecule has 72 valence electrons. The van der Waals surface area contributed by atoms with E-state index in [-0.39, 0.29) is 0 Å². The molecule has 0 aromatic carbocycles. The third kappa shape index (κ3) is 5.02. The maximum absolute atomic E-state index is 3.15. The van der Waals surface area contributed by atoms with Crippen LogP contribution in [-0.2, 0) is 0 Å². The van der Waals surface area contributed by atoms with Gasteiger partial charge in [0, 0.05) is 39.0 Å². The summed E-state index contributed by atoms with van der Waals surface area (Å²) in [4.78, 5) is 2.29. The maximum Gasteiger partial charge on any atom is 0.0276 e. The van der Waals surface area contributed by atoms with Crippen LogP contribution < -0.4 is 10.6 Å². The molecule has 0 amide bonds. The molecule has 0 aliphatic rings. The van der Waals surface area contributed by atoms with Crippen LogP contribution in [0.5, 0.6) is 0 Å². The summed E-state index contributed by atoms with van der Waals surface area (Å²) in [7, 11) is 6.00. The van der Waals surface area contributed by atoms with Crippen molar-refractivity contribution in [1.82, 2.24) is 15.5 Å². The summed E-state index contributed by atoms with van der Waals surface area (Å²) in [6.07, 6.45) is 3.07. The van der Waals surface area contributed by atoms with Crippen molar-refractivity contribution in [3.05, 3.63) is 11.9 Å². The third-order valence-corrected chi connectivity index (χ3v) is 1.94. The minimum absolute atomic E-state index is 1.07. The van der Waals surface area contributed by atoms with Crippen molar-refractivity contribution < 1.29 is 0 Å². The largest absolute Gasteiger partial charge is 0.393 e. The molecule has 0 radical (unpaired) electrons.